The molecule has 6 heteroatoms. The molecule has 1 atom stereocenters. The Morgan fingerprint density at radius 1 is 1.18 bits per heavy atom. The topological polar surface area (TPSA) is 70.7 Å². The Balaban J connectivity index is 1.70. The van der Waals surface area contributed by atoms with E-state index in [1.165, 1.54) is 0 Å². The smallest absolute Gasteiger partial charge is 0.315 e. The zero-order chi connectivity index (χ0) is 20.1. The first-order valence-electron chi connectivity index (χ1n) is 9.64. The highest BCUT2D eigenvalue weighted by atomic mass is 16.5. The molecule has 28 heavy (non-hydrogen) atoms. The molecule has 3 rings (SSSR count). The van der Waals surface area contributed by atoms with Crippen molar-refractivity contribution in [2.75, 3.05) is 18.6 Å². The van der Waals surface area contributed by atoms with Gasteiger partial charge in [0.1, 0.15) is 5.75 Å². The number of hydrogen-bond donors (Lipinski definition) is 2. The molecule has 0 unspecified atom stereocenters. The molecule has 0 aromatic heterocycles. The van der Waals surface area contributed by atoms with Crippen LogP contribution in [0.15, 0.2) is 42.5 Å². The van der Waals surface area contributed by atoms with Crippen LogP contribution in [-0.4, -0.2) is 31.6 Å². The maximum atomic E-state index is 12.9. The number of ether oxygens (including phenoxy) is 1. The summed E-state index contributed by atoms with van der Waals surface area (Å²) in [7, 11) is 1.60. The summed E-state index contributed by atoms with van der Waals surface area (Å²) >= 11 is 0. The summed E-state index contributed by atoms with van der Waals surface area (Å²) in [5.74, 6) is 0.698. The molecule has 1 aliphatic heterocycles. The summed E-state index contributed by atoms with van der Waals surface area (Å²) < 4.78 is 5.16. The number of anilines is 1. The second-order valence-electron chi connectivity index (χ2n) is 7.03. The highest BCUT2D eigenvalue weighted by Gasteiger charge is 2.25. The van der Waals surface area contributed by atoms with E-state index in [9.17, 15) is 9.59 Å². The monoisotopic (exact) mass is 381 g/mol. The lowest BCUT2D eigenvalue weighted by Gasteiger charge is -2.19. The number of urea groups is 1. The SMILES string of the molecule is CC[C@H](C)NC(=O)NCc1ccc2c(c1)N(C(=O)c1ccc(OC)cc1)CC2. The van der Waals surface area contributed by atoms with Gasteiger partial charge in [0.2, 0.25) is 0 Å². The van der Waals surface area contributed by atoms with Crippen LogP contribution in [0.25, 0.3) is 0 Å². The number of nitrogens with zero attached hydrogens (tertiary/aromatic N) is 1. The summed E-state index contributed by atoms with van der Waals surface area (Å²) in [4.78, 5) is 26.7. The van der Waals surface area contributed by atoms with Crippen molar-refractivity contribution < 1.29 is 14.3 Å². The van der Waals surface area contributed by atoms with Gasteiger partial charge in [-0.2, -0.15) is 0 Å². The number of benzene rings is 2. The van der Waals surface area contributed by atoms with Crippen LogP contribution in [0.5, 0.6) is 5.75 Å². The lowest BCUT2D eigenvalue weighted by atomic mass is 10.1. The van der Waals surface area contributed by atoms with Gasteiger partial charge in [-0.3, -0.25) is 4.79 Å². The second kappa shape index (κ2) is 8.78. The maximum Gasteiger partial charge on any atom is 0.315 e. The van der Waals surface area contributed by atoms with Crippen LogP contribution in [0.3, 0.4) is 0 Å². The Labute approximate surface area is 165 Å². The van der Waals surface area contributed by atoms with E-state index in [0.717, 1.165) is 35.4 Å². The van der Waals surface area contributed by atoms with E-state index >= 15 is 0 Å². The fourth-order valence-electron chi connectivity index (χ4n) is 3.19. The molecule has 3 amide bonds. The standard InChI is InChI=1S/C22H27N3O3/c1-4-15(2)24-22(27)23-14-16-5-6-17-11-12-25(20(17)13-16)21(26)18-7-9-19(28-3)10-8-18/h5-10,13,15H,4,11-12,14H2,1-3H3,(H2,23,24,27)/t15-/m0/s1. The molecule has 0 spiro atoms. The number of methoxy groups -OCH3 is 1. The molecule has 2 aromatic rings. The van der Waals surface area contributed by atoms with Crippen molar-refractivity contribution in [3.05, 3.63) is 59.2 Å². The first-order valence-corrected chi connectivity index (χ1v) is 9.64. The lowest BCUT2D eigenvalue weighted by molar-refractivity contribution is 0.0989. The summed E-state index contributed by atoms with van der Waals surface area (Å²) in [5, 5.41) is 5.76. The summed E-state index contributed by atoms with van der Waals surface area (Å²) in [5.41, 5.74) is 3.66. The van der Waals surface area contributed by atoms with Crippen molar-refractivity contribution in [3.63, 3.8) is 0 Å². The molecule has 0 bridgehead atoms. The Morgan fingerprint density at radius 2 is 1.93 bits per heavy atom. The van der Waals surface area contributed by atoms with Gasteiger partial charge in [0.25, 0.3) is 5.91 Å². The van der Waals surface area contributed by atoms with Crippen molar-refractivity contribution in [2.24, 2.45) is 0 Å². The van der Waals surface area contributed by atoms with Crippen LogP contribution in [-0.2, 0) is 13.0 Å². The van der Waals surface area contributed by atoms with Gasteiger partial charge in [0.15, 0.2) is 0 Å². The number of carbonyl (C=O) groups is 2. The van der Waals surface area contributed by atoms with Crippen LogP contribution < -0.4 is 20.3 Å². The molecule has 6 nitrogen and oxygen atoms in total. The van der Waals surface area contributed by atoms with E-state index in [4.69, 9.17) is 4.74 Å². The fourth-order valence-corrected chi connectivity index (χ4v) is 3.19. The largest absolute Gasteiger partial charge is 0.497 e. The molecular weight excluding hydrogens is 354 g/mol. The molecule has 0 saturated heterocycles. The highest BCUT2D eigenvalue weighted by molar-refractivity contribution is 6.07. The van der Waals surface area contributed by atoms with Crippen molar-refractivity contribution in [3.8, 4) is 5.75 Å². The number of fused-ring (bicyclic) bond motifs is 1. The zero-order valence-electron chi connectivity index (χ0n) is 16.6. The van der Waals surface area contributed by atoms with Crippen LogP contribution in [0.1, 0.15) is 41.8 Å². The number of rotatable bonds is 6. The average Bonchev–Trinajstić information content (AvgIpc) is 3.15. The Hall–Kier alpha value is -3.02. The minimum atomic E-state index is -0.180. The maximum absolute atomic E-state index is 12.9. The van der Waals surface area contributed by atoms with Gasteiger partial charge in [-0.05, 0) is 61.2 Å². The van der Waals surface area contributed by atoms with E-state index in [1.54, 1.807) is 36.3 Å². The van der Waals surface area contributed by atoms with Crippen molar-refractivity contribution in [1.29, 1.82) is 0 Å². The molecule has 0 aliphatic carbocycles. The van der Waals surface area contributed by atoms with Crippen molar-refractivity contribution in [2.45, 2.75) is 39.3 Å². The Kier molecular flexibility index (Phi) is 6.19. The molecule has 0 saturated carbocycles. The minimum Gasteiger partial charge on any atom is -0.497 e. The molecule has 1 heterocycles. The van der Waals surface area contributed by atoms with E-state index in [1.807, 2.05) is 32.0 Å². The predicted molar refractivity (Wildman–Crippen MR) is 110 cm³/mol. The first-order chi connectivity index (χ1) is 13.5. The predicted octanol–water partition coefficient (Wildman–Crippen LogP) is 3.50. The Bertz CT molecular complexity index is 849. The van der Waals surface area contributed by atoms with Gasteiger partial charge in [-0.25, -0.2) is 4.79 Å². The van der Waals surface area contributed by atoms with Gasteiger partial charge in [0.05, 0.1) is 7.11 Å². The van der Waals surface area contributed by atoms with Crippen molar-refractivity contribution in [1.82, 2.24) is 10.6 Å². The quantitative estimate of drug-likeness (QED) is 0.805. The normalized spacial score (nSPS) is 13.6. The van der Waals surface area contributed by atoms with Crippen LogP contribution >= 0.6 is 0 Å². The first kappa shape index (κ1) is 19.7. The number of carbonyl (C=O) groups excluding carboxylic acids is 2. The highest BCUT2D eigenvalue weighted by Crippen LogP contribution is 2.30. The fraction of sp³-hybridized carbons (Fsp3) is 0.364. The third kappa shape index (κ3) is 4.44. The van der Waals surface area contributed by atoms with Gasteiger partial charge in [-0.15, -0.1) is 0 Å². The molecule has 2 N–H and O–H groups in total. The average molecular weight is 381 g/mol. The van der Waals surface area contributed by atoms with Gasteiger partial charge in [-0.1, -0.05) is 19.1 Å². The van der Waals surface area contributed by atoms with Crippen molar-refractivity contribution >= 4 is 17.6 Å². The molecule has 0 radical (unpaired) electrons. The number of nitrogens with one attached hydrogen (secondary N) is 2. The molecule has 1 aliphatic rings. The molecule has 0 fully saturated rings. The van der Waals surface area contributed by atoms with Crippen LogP contribution in [0.4, 0.5) is 10.5 Å². The summed E-state index contributed by atoms with van der Waals surface area (Å²) in [6, 6.07) is 13.1. The van der Waals surface area contributed by atoms with Gasteiger partial charge < -0.3 is 20.3 Å². The third-order valence-corrected chi connectivity index (χ3v) is 5.07. The lowest BCUT2D eigenvalue weighted by Crippen LogP contribution is -2.40. The number of amides is 3. The van der Waals surface area contributed by atoms with Gasteiger partial charge >= 0.3 is 6.03 Å². The van der Waals surface area contributed by atoms with E-state index in [-0.39, 0.29) is 18.0 Å². The third-order valence-electron chi connectivity index (χ3n) is 5.07. The summed E-state index contributed by atoms with van der Waals surface area (Å²) in [6.45, 7) is 5.07. The zero-order valence-corrected chi connectivity index (χ0v) is 16.6. The van der Waals surface area contributed by atoms with E-state index in [0.29, 0.717) is 18.7 Å². The number of hydrogen-bond acceptors (Lipinski definition) is 3. The second-order valence-corrected chi connectivity index (χ2v) is 7.03. The molecule has 148 valence electrons. The Morgan fingerprint density at radius 3 is 2.61 bits per heavy atom. The van der Waals surface area contributed by atoms with E-state index < -0.39 is 0 Å². The molecular formula is C22H27N3O3. The minimum absolute atomic E-state index is 0.0268. The van der Waals surface area contributed by atoms with E-state index in [2.05, 4.69) is 10.6 Å². The van der Waals surface area contributed by atoms with Crippen LogP contribution in [0.2, 0.25) is 0 Å². The van der Waals surface area contributed by atoms with Crippen LogP contribution in [0, 0.1) is 0 Å². The summed E-state index contributed by atoms with van der Waals surface area (Å²) in [6.07, 6.45) is 1.72. The molecule has 2 aromatic carbocycles. The van der Waals surface area contributed by atoms with Gasteiger partial charge in [0, 0.05) is 30.4 Å².